The number of hydrogen-bond acceptors (Lipinski definition) is 2. The van der Waals surface area contributed by atoms with Gasteiger partial charge in [0.05, 0.1) is 0 Å². The van der Waals surface area contributed by atoms with Gasteiger partial charge in [-0.2, -0.15) is 0 Å². The Labute approximate surface area is 80.5 Å². The molecule has 0 saturated carbocycles. The predicted octanol–water partition coefficient (Wildman–Crippen LogP) is 0.853. The predicted molar refractivity (Wildman–Crippen MR) is 53.5 cm³/mol. The maximum atomic E-state index is 11.0. The molecule has 13 heavy (non-hydrogen) atoms. The molecule has 1 aliphatic heterocycles. The van der Waals surface area contributed by atoms with Crippen LogP contribution in [0.3, 0.4) is 0 Å². The van der Waals surface area contributed by atoms with Crippen LogP contribution in [-0.4, -0.2) is 36.5 Å². The number of nitrogens with zero attached hydrogens (tertiary/aromatic N) is 1. The van der Waals surface area contributed by atoms with Crippen molar-refractivity contribution < 1.29 is 4.79 Å². The number of carbonyl (C=O) groups excluding carboxylic acids is 1. The molecule has 1 amide bonds. The fourth-order valence-corrected chi connectivity index (χ4v) is 1.69. The minimum Gasteiger partial charge on any atom is -0.343 e. The van der Waals surface area contributed by atoms with Crippen LogP contribution < -0.4 is 5.32 Å². The van der Waals surface area contributed by atoms with E-state index in [1.807, 2.05) is 4.90 Å². The van der Waals surface area contributed by atoms with Gasteiger partial charge in [0.2, 0.25) is 5.91 Å². The van der Waals surface area contributed by atoms with Crippen molar-refractivity contribution in [2.24, 2.45) is 5.92 Å². The number of likely N-dealkylation sites (tertiary alicyclic amines) is 1. The third-order valence-electron chi connectivity index (χ3n) is 2.55. The summed E-state index contributed by atoms with van der Waals surface area (Å²) in [5.41, 5.74) is 0. The Kier molecular flexibility index (Phi) is 3.72. The highest BCUT2D eigenvalue weighted by Crippen LogP contribution is 2.15. The van der Waals surface area contributed by atoms with Crippen molar-refractivity contribution >= 4 is 5.91 Å². The lowest BCUT2D eigenvalue weighted by Crippen LogP contribution is -2.31. The van der Waals surface area contributed by atoms with E-state index in [9.17, 15) is 4.79 Å². The second-order valence-electron chi connectivity index (χ2n) is 4.18. The van der Waals surface area contributed by atoms with Gasteiger partial charge in [-0.25, -0.2) is 0 Å². The van der Waals surface area contributed by atoms with Crippen molar-refractivity contribution in [1.29, 1.82) is 0 Å². The van der Waals surface area contributed by atoms with Crippen molar-refractivity contribution in [2.75, 3.05) is 19.6 Å². The van der Waals surface area contributed by atoms with Crippen LogP contribution in [0.4, 0.5) is 0 Å². The van der Waals surface area contributed by atoms with Gasteiger partial charge >= 0.3 is 0 Å². The van der Waals surface area contributed by atoms with E-state index in [0.29, 0.717) is 12.0 Å². The molecule has 1 atom stereocenters. The van der Waals surface area contributed by atoms with E-state index < -0.39 is 0 Å². The van der Waals surface area contributed by atoms with Gasteiger partial charge in [0.1, 0.15) is 0 Å². The van der Waals surface area contributed by atoms with Crippen molar-refractivity contribution in [3.05, 3.63) is 0 Å². The highest BCUT2D eigenvalue weighted by molar-refractivity contribution is 5.73. The Morgan fingerprint density at radius 2 is 2.31 bits per heavy atom. The molecule has 1 aliphatic rings. The first kappa shape index (κ1) is 10.5. The van der Waals surface area contributed by atoms with Gasteiger partial charge in [0, 0.05) is 26.1 Å². The minimum absolute atomic E-state index is 0.215. The molecule has 3 nitrogen and oxygen atoms in total. The summed E-state index contributed by atoms with van der Waals surface area (Å²) in [6, 6.07) is 0.548. The van der Waals surface area contributed by atoms with Crippen LogP contribution in [0.15, 0.2) is 0 Å². The first-order valence-electron chi connectivity index (χ1n) is 5.08. The first-order chi connectivity index (χ1) is 6.09. The fraction of sp³-hybridized carbons (Fsp3) is 0.900. The van der Waals surface area contributed by atoms with Crippen LogP contribution in [0.5, 0.6) is 0 Å². The molecule has 3 heteroatoms. The van der Waals surface area contributed by atoms with E-state index in [2.05, 4.69) is 19.2 Å². The van der Waals surface area contributed by atoms with Crippen LogP contribution in [0.1, 0.15) is 27.2 Å². The van der Waals surface area contributed by atoms with Crippen molar-refractivity contribution in [2.45, 2.75) is 33.2 Å². The van der Waals surface area contributed by atoms with Crippen LogP contribution >= 0.6 is 0 Å². The zero-order valence-electron chi connectivity index (χ0n) is 8.84. The van der Waals surface area contributed by atoms with Crippen LogP contribution in [-0.2, 0) is 4.79 Å². The Morgan fingerprint density at radius 1 is 1.62 bits per heavy atom. The molecule has 76 valence electrons. The first-order valence-corrected chi connectivity index (χ1v) is 5.08. The highest BCUT2D eigenvalue weighted by Gasteiger charge is 2.23. The van der Waals surface area contributed by atoms with Gasteiger partial charge in [-0.3, -0.25) is 4.79 Å². The molecule has 0 aromatic rings. The molecule has 1 fully saturated rings. The van der Waals surface area contributed by atoms with E-state index in [1.165, 1.54) is 0 Å². The molecule has 0 radical (unpaired) electrons. The molecule has 0 aromatic carbocycles. The third kappa shape index (κ3) is 3.35. The molecule has 0 aliphatic carbocycles. The number of nitrogens with one attached hydrogen (secondary N) is 1. The summed E-state index contributed by atoms with van der Waals surface area (Å²) in [6.45, 7) is 8.88. The van der Waals surface area contributed by atoms with Gasteiger partial charge in [-0.1, -0.05) is 13.8 Å². The van der Waals surface area contributed by atoms with Gasteiger partial charge in [0.25, 0.3) is 0 Å². The van der Waals surface area contributed by atoms with Crippen LogP contribution in [0.25, 0.3) is 0 Å². The zero-order valence-corrected chi connectivity index (χ0v) is 8.84. The topological polar surface area (TPSA) is 32.3 Å². The van der Waals surface area contributed by atoms with Crippen molar-refractivity contribution in [1.82, 2.24) is 10.2 Å². The Balaban J connectivity index is 2.21. The minimum atomic E-state index is 0.215. The van der Waals surface area contributed by atoms with Crippen molar-refractivity contribution in [3.63, 3.8) is 0 Å². The van der Waals surface area contributed by atoms with Crippen LogP contribution in [0.2, 0.25) is 0 Å². The average Bonchev–Trinajstić information content (AvgIpc) is 2.48. The molecule has 1 rings (SSSR count). The summed E-state index contributed by atoms with van der Waals surface area (Å²) in [7, 11) is 0. The molecule has 1 heterocycles. The van der Waals surface area contributed by atoms with Gasteiger partial charge in [-0.15, -0.1) is 0 Å². The smallest absolute Gasteiger partial charge is 0.219 e. The van der Waals surface area contributed by atoms with Gasteiger partial charge in [0.15, 0.2) is 0 Å². The Hall–Kier alpha value is -0.570. The van der Waals surface area contributed by atoms with Gasteiger partial charge < -0.3 is 10.2 Å². The molecule has 1 N–H and O–H groups in total. The highest BCUT2D eigenvalue weighted by atomic mass is 16.2. The summed E-state index contributed by atoms with van der Waals surface area (Å²) in [5.74, 6) is 0.873. The Morgan fingerprint density at radius 3 is 2.77 bits per heavy atom. The van der Waals surface area contributed by atoms with E-state index in [-0.39, 0.29) is 5.91 Å². The number of amides is 1. The largest absolute Gasteiger partial charge is 0.343 e. The average molecular weight is 184 g/mol. The normalized spacial score (nSPS) is 22.8. The second kappa shape index (κ2) is 4.61. The second-order valence-corrected chi connectivity index (χ2v) is 4.18. The summed E-state index contributed by atoms with van der Waals surface area (Å²) in [5, 5.41) is 3.41. The molecule has 1 saturated heterocycles. The van der Waals surface area contributed by atoms with E-state index in [0.717, 1.165) is 26.1 Å². The number of hydrogen-bond donors (Lipinski definition) is 1. The zero-order chi connectivity index (χ0) is 9.84. The van der Waals surface area contributed by atoms with Crippen molar-refractivity contribution in [3.8, 4) is 0 Å². The molecule has 0 unspecified atom stereocenters. The molecular formula is C10H20N2O. The lowest BCUT2D eigenvalue weighted by Gasteiger charge is -2.15. The number of carbonyl (C=O) groups is 1. The molecular weight excluding hydrogens is 164 g/mol. The molecule has 0 spiro atoms. The molecule has 0 bridgehead atoms. The SMILES string of the molecule is CC(=O)N1CC[C@H](CNC(C)C)C1. The quantitative estimate of drug-likeness (QED) is 0.705. The molecule has 0 aromatic heterocycles. The maximum absolute atomic E-state index is 11.0. The Bertz CT molecular complexity index is 180. The lowest BCUT2D eigenvalue weighted by atomic mass is 10.1. The fourth-order valence-electron chi connectivity index (χ4n) is 1.69. The summed E-state index contributed by atoms with van der Waals surface area (Å²) in [4.78, 5) is 13.0. The summed E-state index contributed by atoms with van der Waals surface area (Å²) in [6.07, 6.45) is 1.15. The summed E-state index contributed by atoms with van der Waals surface area (Å²) >= 11 is 0. The summed E-state index contributed by atoms with van der Waals surface area (Å²) < 4.78 is 0. The monoisotopic (exact) mass is 184 g/mol. The third-order valence-corrected chi connectivity index (χ3v) is 2.55. The van der Waals surface area contributed by atoms with E-state index in [4.69, 9.17) is 0 Å². The number of rotatable bonds is 3. The lowest BCUT2D eigenvalue weighted by molar-refractivity contribution is -0.127. The standard InChI is InChI=1S/C10H20N2O/c1-8(2)11-6-10-4-5-12(7-10)9(3)13/h8,10-11H,4-7H2,1-3H3/t10-/m1/s1. The maximum Gasteiger partial charge on any atom is 0.219 e. The van der Waals surface area contributed by atoms with Crippen LogP contribution in [0, 0.1) is 5.92 Å². The van der Waals surface area contributed by atoms with E-state index in [1.54, 1.807) is 6.92 Å². The van der Waals surface area contributed by atoms with E-state index >= 15 is 0 Å². The van der Waals surface area contributed by atoms with Gasteiger partial charge in [-0.05, 0) is 18.9 Å².